The van der Waals surface area contributed by atoms with Crippen LogP contribution < -0.4 is 0 Å². The molecule has 0 aliphatic heterocycles. The Morgan fingerprint density at radius 2 is 0.848 bits per heavy atom. The zero-order valence-corrected chi connectivity index (χ0v) is 30.0. The minimum Gasteiger partial charge on any atom is -0.0654 e. The van der Waals surface area contributed by atoms with E-state index in [0.717, 1.165) is 12.8 Å². The Labute approximate surface area is 284 Å². The molecule has 0 aliphatic rings. The molecule has 0 N–H and O–H groups in total. The summed E-state index contributed by atoms with van der Waals surface area (Å²) in [6.45, 7) is 8.99. The summed E-state index contributed by atoms with van der Waals surface area (Å²) in [5.74, 6) is 0. The molecule has 0 fully saturated rings. The van der Waals surface area contributed by atoms with Crippen molar-refractivity contribution in [2.45, 2.75) is 143 Å². The lowest BCUT2D eigenvalue weighted by Crippen LogP contribution is -1.94. The lowest BCUT2D eigenvalue weighted by molar-refractivity contribution is 0.589. The van der Waals surface area contributed by atoms with Crippen LogP contribution in [0, 0.1) is 13.8 Å². The summed E-state index contributed by atoms with van der Waals surface area (Å²) in [5, 5.41) is 0. The first-order chi connectivity index (χ1) is 22.6. The van der Waals surface area contributed by atoms with Crippen LogP contribution >= 0.6 is 0 Å². The van der Waals surface area contributed by atoms with E-state index in [9.17, 15) is 0 Å². The maximum Gasteiger partial charge on any atom is -0.00257 e. The van der Waals surface area contributed by atoms with Crippen LogP contribution in [0.5, 0.6) is 0 Å². The van der Waals surface area contributed by atoms with Crippen molar-refractivity contribution in [3.8, 4) is 0 Å². The maximum atomic E-state index is 2.38. The third-order valence-corrected chi connectivity index (χ3v) is 9.29. The molecule has 46 heavy (non-hydrogen) atoms. The molecule has 248 valence electrons. The predicted molar refractivity (Wildman–Crippen MR) is 204 cm³/mol. The molecule has 0 unspecified atom stereocenters. The van der Waals surface area contributed by atoms with Gasteiger partial charge in [-0.05, 0) is 91.3 Å². The second-order valence-corrected chi connectivity index (χ2v) is 13.6. The molecule has 0 aromatic heterocycles. The molecule has 4 aromatic carbocycles. The molecule has 0 aliphatic carbocycles. The van der Waals surface area contributed by atoms with Crippen LogP contribution in [0.1, 0.15) is 148 Å². The molecule has 0 bridgehead atoms. The third kappa shape index (κ3) is 15.9. The highest BCUT2D eigenvalue weighted by molar-refractivity contribution is 5.34. The Morgan fingerprint density at radius 3 is 1.43 bits per heavy atom. The topological polar surface area (TPSA) is 0 Å². The summed E-state index contributed by atoms with van der Waals surface area (Å²) in [7, 11) is 0. The van der Waals surface area contributed by atoms with Crippen LogP contribution in [0.2, 0.25) is 0 Å². The fourth-order valence-corrected chi connectivity index (χ4v) is 6.42. The Bertz CT molecular complexity index is 1310. The van der Waals surface area contributed by atoms with Crippen molar-refractivity contribution in [1.29, 1.82) is 0 Å². The van der Waals surface area contributed by atoms with E-state index in [1.807, 2.05) is 0 Å². The molecule has 0 heterocycles. The molecule has 0 amide bonds. The number of hydrogen-bond donors (Lipinski definition) is 0. The van der Waals surface area contributed by atoms with E-state index in [1.165, 1.54) is 147 Å². The Balaban J connectivity index is 0.000000250. The summed E-state index contributed by atoms with van der Waals surface area (Å²) in [6, 6.07) is 35.9. The monoisotopic (exact) mass is 617 g/mol. The molecule has 0 saturated carbocycles. The minimum absolute atomic E-state index is 1.04. The van der Waals surface area contributed by atoms with Crippen LogP contribution in [0.4, 0.5) is 0 Å². The lowest BCUT2D eigenvalue weighted by atomic mass is 9.96. The average molecular weight is 617 g/mol. The van der Waals surface area contributed by atoms with Gasteiger partial charge < -0.3 is 0 Å². The van der Waals surface area contributed by atoms with Crippen molar-refractivity contribution in [1.82, 2.24) is 0 Å². The van der Waals surface area contributed by atoms with Gasteiger partial charge in [0, 0.05) is 0 Å². The number of aryl methyl sites for hydroxylation is 4. The summed E-state index contributed by atoms with van der Waals surface area (Å²) in [4.78, 5) is 0. The Hall–Kier alpha value is -3.12. The zero-order chi connectivity index (χ0) is 32.7. The van der Waals surface area contributed by atoms with Gasteiger partial charge in [-0.15, -0.1) is 0 Å². The number of rotatable bonds is 20. The first kappa shape index (κ1) is 37.3. The molecular weight excluding hydrogens is 553 g/mol. The van der Waals surface area contributed by atoms with E-state index in [4.69, 9.17) is 0 Å². The van der Waals surface area contributed by atoms with Gasteiger partial charge in [-0.2, -0.15) is 0 Å². The summed E-state index contributed by atoms with van der Waals surface area (Å²) in [5.41, 5.74) is 11.5. The predicted octanol–water partition coefficient (Wildman–Crippen LogP) is 13.8. The van der Waals surface area contributed by atoms with Crippen LogP contribution in [0.25, 0.3) is 0 Å². The fourth-order valence-electron chi connectivity index (χ4n) is 6.42. The van der Waals surface area contributed by atoms with Crippen LogP contribution in [0.3, 0.4) is 0 Å². The highest BCUT2D eigenvalue weighted by Crippen LogP contribution is 2.18. The van der Waals surface area contributed by atoms with Crippen molar-refractivity contribution < 1.29 is 0 Å². The number of hydrogen-bond acceptors (Lipinski definition) is 0. The van der Waals surface area contributed by atoms with Gasteiger partial charge in [0.05, 0.1) is 0 Å². The third-order valence-electron chi connectivity index (χ3n) is 9.29. The van der Waals surface area contributed by atoms with Crippen LogP contribution in [-0.4, -0.2) is 0 Å². The van der Waals surface area contributed by atoms with Gasteiger partial charge in [-0.3, -0.25) is 0 Å². The quantitative estimate of drug-likeness (QED) is 0.0867. The fraction of sp³-hybridized carbons (Fsp3) is 0.478. The first-order valence-corrected chi connectivity index (χ1v) is 18.8. The second kappa shape index (κ2) is 23.2. The molecule has 0 spiro atoms. The molecule has 0 saturated heterocycles. The first-order valence-electron chi connectivity index (χ1n) is 18.8. The molecule has 4 aromatic rings. The zero-order valence-electron chi connectivity index (χ0n) is 30.0. The molecule has 0 heteroatoms. The Kier molecular flexibility index (Phi) is 18.9. The summed E-state index contributed by atoms with van der Waals surface area (Å²) in [6.07, 6.45) is 24.0. The molecular formula is C46H64. The molecule has 4 rings (SSSR count). The SMILES string of the molecule is CCCCCCCCCc1ccc(Cc2cccc(C)c2)cc1.CCCCCCCCCc1ccc(Cc2ccccc2)cc1C. The molecule has 0 radical (unpaired) electrons. The lowest BCUT2D eigenvalue weighted by Gasteiger charge is -2.09. The van der Waals surface area contributed by atoms with Crippen LogP contribution in [0.15, 0.2) is 97.1 Å². The van der Waals surface area contributed by atoms with E-state index in [1.54, 1.807) is 0 Å². The Morgan fingerprint density at radius 1 is 0.370 bits per heavy atom. The molecule has 0 nitrogen and oxygen atoms in total. The molecule has 0 atom stereocenters. The second-order valence-electron chi connectivity index (χ2n) is 13.6. The van der Waals surface area contributed by atoms with Crippen molar-refractivity contribution in [3.05, 3.63) is 142 Å². The minimum atomic E-state index is 1.04. The van der Waals surface area contributed by atoms with Gasteiger partial charge in [0.25, 0.3) is 0 Å². The van der Waals surface area contributed by atoms with E-state index in [0.29, 0.717) is 0 Å². The van der Waals surface area contributed by atoms with Crippen molar-refractivity contribution in [3.63, 3.8) is 0 Å². The van der Waals surface area contributed by atoms with E-state index in [-0.39, 0.29) is 0 Å². The van der Waals surface area contributed by atoms with Crippen molar-refractivity contribution in [2.75, 3.05) is 0 Å². The summed E-state index contributed by atoms with van der Waals surface area (Å²) >= 11 is 0. The van der Waals surface area contributed by atoms with Crippen molar-refractivity contribution >= 4 is 0 Å². The average Bonchev–Trinajstić information content (AvgIpc) is 3.06. The van der Waals surface area contributed by atoms with Gasteiger partial charge >= 0.3 is 0 Å². The highest BCUT2D eigenvalue weighted by Gasteiger charge is 2.03. The van der Waals surface area contributed by atoms with Crippen LogP contribution in [-0.2, 0) is 25.7 Å². The van der Waals surface area contributed by atoms with E-state index < -0.39 is 0 Å². The van der Waals surface area contributed by atoms with Gasteiger partial charge in [0.2, 0.25) is 0 Å². The largest absolute Gasteiger partial charge is 0.0654 e. The van der Waals surface area contributed by atoms with Gasteiger partial charge in [0.15, 0.2) is 0 Å². The standard InChI is InChI=1S/2C23H32/c1-3-4-5-6-7-8-12-15-23-17-16-22(18-20(23)2)19-21-13-10-9-11-14-21;1-3-4-5-6-7-8-9-12-21-14-16-22(17-15-21)19-23-13-10-11-20(2)18-23/h9-11,13-14,16-18H,3-8,12,15,19H2,1-2H3;10-11,13-18H,3-9,12,19H2,1-2H3. The van der Waals surface area contributed by atoms with Crippen molar-refractivity contribution in [2.24, 2.45) is 0 Å². The van der Waals surface area contributed by atoms with E-state index >= 15 is 0 Å². The number of unbranched alkanes of at least 4 members (excludes halogenated alkanes) is 12. The van der Waals surface area contributed by atoms with Gasteiger partial charge in [0.1, 0.15) is 0 Å². The van der Waals surface area contributed by atoms with Gasteiger partial charge in [-0.1, -0.05) is 194 Å². The highest BCUT2D eigenvalue weighted by atomic mass is 14.1. The summed E-state index contributed by atoms with van der Waals surface area (Å²) < 4.78 is 0. The smallest absolute Gasteiger partial charge is 0.00257 e. The van der Waals surface area contributed by atoms with E-state index in [2.05, 4.69) is 125 Å². The number of benzene rings is 4. The maximum absolute atomic E-state index is 2.38. The normalized spacial score (nSPS) is 10.9. The van der Waals surface area contributed by atoms with Gasteiger partial charge in [-0.25, -0.2) is 0 Å².